The molecule has 4 heterocycles. The third-order valence-electron chi connectivity index (χ3n) is 7.85. The summed E-state index contributed by atoms with van der Waals surface area (Å²) in [5.41, 5.74) is 3.84. The van der Waals surface area contributed by atoms with Crippen molar-refractivity contribution in [1.82, 2.24) is 19.6 Å². The lowest BCUT2D eigenvalue weighted by molar-refractivity contribution is -0.132. The van der Waals surface area contributed by atoms with Gasteiger partial charge in [0.25, 0.3) is 5.78 Å². The number of pyridine rings is 1. The Kier molecular flexibility index (Phi) is 7.61. The van der Waals surface area contributed by atoms with Crippen molar-refractivity contribution >= 4 is 85.3 Å². The average Bonchev–Trinajstić information content (AvgIpc) is 3.72. The summed E-state index contributed by atoms with van der Waals surface area (Å²) in [7, 11) is 0. The lowest BCUT2D eigenvalue weighted by Crippen LogP contribution is -2.29. The molecular weight excluding hydrogens is 649 g/mol. The van der Waals surface area contributed by atoms with Gasteiger partial charge < -0.3 is 9.51 Å². The molecule has 1 N–H and O–H groups in total. The van der Waals surface area contributed by atoms with Crippen molar-refractivity contribution in [3.8, 4) is 0 Å². The molecule has 45 heavy (non-hydrogen) atoms. The highest BCUT2D eigenvalue weighted by Crippen LogP contribution is 2.45. The predicted octanol–water partition coefficient (Wildman–Crippen LogP) is 8.18. The molecule has 12 heteroatoms. The van der Waals surface area contributed by atoms with Crippen LogP contribution < -0.4 is 4.90 Å². The molecule has 1 unspecified atom stereocenters. The van der Waals surface area contributed by atoms with Gasteiger partial charge in [0.05, 0.1) is 27.4 Å². The van der Waals surface area contributed by atoms with Crippen LogP contribution in [0, 0.1) is 13.8 Å². The number of aliphatic hydroxyl groups is 1. The minimum absolute atomic E-state index is 0.122. The van der Waals surface area contributed by atoms with E-state index in [1.54, 1.807) is 25.1 Å². The van der Waals surface area contributed by atoms with Crippen LogP contribution in [0.3, 0.4) is 0 Å². The fourth-order valence-corrected chi connectivity index (χ4v) is 7.80. The number of thioether (sulfide) groups is 1. The maximum atomic E-state index is 13.7. The molecule has 1 fully saturated rings. The number of anilines is 1. The summed E-state index contributed by atoms with van der Waals surface area (Å²) in [6, 6.07) is 21.9. The SMILES string of the molecule is Cc1cccn2c(C)c(/C(O)=C3\C(=O)C(=O)N(c4nnc(SCc5cccc6ccccc56)s4)C3c3ccc(Cl)c(Cl)c3)nc12. The summed E-state index contributed by atoms with van der Waals surface area (Å²) in [6.45, 7) is 3.70. The highest BCUT2D eigenvalue weighted by Gasteiger charge is 2.49. The van der Waals surface area contributed by atoms with Crippen LogP contribution >= 0.6 is 46.3 Å². The van der Waals surface area contributed by atoms with Gasteiger partial charge in [0.2, 0.25) is 5.13 Å². The second-order valence-corrected chi connectivity index (χ2v) is 13.5. The van der Waals surface area contributed by atoms with Crippen LogP contribution in [-0.2, 0) is 15.3 Å². The number of imidazole rings is 1. The molecule has 8 nitrogen and oxygen atoms in total. The minimum atomic E-state index is -1.05. The van der Waals surface area contributed by atoms with Crippen LogP contribution in [0.1, 0.15) is 34.1 Å². The fraction of sp³-hybridized carbons (Fsp3) is 0.121. The number of amides is 1. The number of Topliss-reactive ketones (excluding diaryl/α,β-unsaturated/α-hetero) is 1. The van der Waals surface area contributed by atoms with E-state index in [0.29, 0.717) is 32.0 Å². The first-order chi connectivity index (χ1) is 21.7. The van der Waals surface area contributed by atoms with Crippen molar-refractivity contribution in [3.63, 3.8) is 0 Å². The number of aromatic nitrogens is 4. The maximum absolute atomic E-state index is 13.7. The van der Waals surface area contributed by atoms with Crippen LogP contribution in [0.5, 0.6) is 0 Å². The third-order valence-corrected chi connectivity index (χ3v) is 10.7. The van der Waals surface area contributed by atoms with Crippen LogP contribution in [0.2, 0.25) is 10.0 Å². The van der Waals surface area contributed by atoms with Gasteiger partial charge in [-0.25, -0.2) is 4.98 Å². The molecule has 1 aliphatic rings. The molecule has 1 amide bonds. The first-order valence-corrected chi connectivity index (χ1v) is 16.4. The van der Waals surface area contributed by atoms with Gasteiger partial charge in [-0.05, 0) is 59.5 Å². The van der Waals surface area contributed by atoms with Gasteiger partial charge >= 0.3 is 5.91 Å². The molecule has 224 valence electrons. The number of hydrogen-bond donors (Lipinski definition) is 1. The van der Waals surface area contributed by atoms with Gasteiger partial charge in [0.1, 0.15) is 11.3 Å². The van der Waals surface area contributed by atoms with Crippen LogP contribution in [-0.4, -0.2) is 36.4 Å². The van der Waals surface area contributed by atoms with Gasteiger partial charge in [0, 0.05) is 11.9 Å². The van der Waals surface area contributed by atoms with Gasteiger partial charge in [-0.3, -0.25) is 14.5 Å². The Labute approximate surface area is 276 Å². The van der Waals surface area contributed by atoms with Gasteiger partial charge in [-0.1, -0.05) is 101 Å². The third kappa shape index (κ3) is 5.07. The maximum Gasteiger partial charge on any atom is 0.301 e. The van der Waals surface area contributed by atoms with E-state index in [2.05, 4.69) is 39.4 Å². The first-order valence-electron chi connectivity index (χ1n) is 13.9. The standard InChI is InChI=1S/C33H23Cl2N5O3S2/c1-17-7-6-14-39-18(2)26(36-30(17)39)28(41)25-27(20-12-13-23(34)24(35)15-20)40(31(43)29(25)42)32-37-38-33(45-32)44-16-21-10-5-9-19-8-3-4-11-22(19)21/h3-15,27,41H,16H2,1-2H3/b28-25+. The second-order valence-electron chi connectivity index (χ2n) is 10.6. The number of hydrogen-bond acceptors (Lipinski definition) is 8. The summed E-state index contributed by atoms with van der Waals surface area (Å²) in [5.74, 6) is -1.45. The molecule has 1 saturated heterocycles. The molecule has 7 rings (SSSR count). The van der Waals surface area contributed by atoms with Crippen molar-refractivity contribution in [1.29, 1.82) is 0 Å². The second kappa shape index (κ2) is 11.6. The Hall–Kier alpha value is -4.22. The number of aryl methyl sites for hydroxylation is 2. The van der Waals surface area contributed by atoms with Crippen LogP contribution in [0.15, 0.2) is 88.9 Å². The van der Waals surface area contributed by atoms with E-state index in [4.69, 9.17) is 23.2 Å². The number of carbonyl (C=O) groups is 2. The number of ketones is 1. The van der Waals surface area contributed by atoms with Crippen molar-refractivity contribution < 1.29 is 14.7 Å². The molecule has 0 bridgehead atoms. The monoisotopic (exact) mass is 671 g/mol. The first kappa shape index (κ1) is 29.5. The zero-order valence-corrected chi connectivity index (χ0v) is 27.0. The molecule has 1 atom stereocenters. The molecule has 3 aromatic heterocycles. The Morgan fingerprint density at radius 1 is 0.978 bits per heavy atom. The quantitative estimate of drug-likeness (QED) is 0.0626. The number of benzene rings is 3. The summed E-state index contributed by atoms with van der Waals surface area (Å²) in [4.78, 5) is 33.4. The van der Waals surface area contributed by atoms with E-state index in [0.717, 1.165) is 21.9 Å². The van der Waals surface area contributed by atoms with Crippen molar-refractivity contribution in [2.24, 2.45) is 0 Å². The molecule has 0 radical (unpaired) electrons. The van der Waals surface area contributed by atoms with E-state index in [1.807, 2.05) is 47.9 Å². The fourth-order valence-electron chi connectivity index (χ4n) is 5.62. The average molecular weight is 673 g/mol. The Morgan fingerprint density at radius 3 is 2.58 bits per heavy atom. The lowest BCUT2D eigenvalue weighted by atomic mass is 9.96. The number of fused-ring (bicyclic) bond motifs is 2. The zero-order chi connectivity index (χ0) is 31.4. The Morgan fingerprint density at radius 2 is 1.78 bits per heavy atom. The summed E-state index contributed by atoms with van der Waals surface area (Å²) in [6.07, 6.45) is 1.83. The molecule has 6 aromatic rings. The van der Waals surface area contributed by atoms with E-state index in [1.165, 1.54) is 28.0 Å². The molecule has 0 spiro atoms. The number of halogens is 2. The number of nitrogens with zero attached hydrogens (tertiary/aromatic N) is 5. The summed E-state index contributed by atoms with van der Waals surface area (Å²) < 4.78 is 2.46. The molecule has 0 saturated carbocycles. The topological polar surface area (TPSA) is 101 Å². The lowest BCUT2D eigenvalue weighted by Gasteiger charge is -2.22. The van der Waals surface area contributed by atoms with Crippen LogP contribution in [0.25, 0.3) is 22.2 Å². The Bertz CT molecular complexity index is 2200. The van der Waals surface area contributed by atoms with E-state index < -0.39 is 17.7 Å². The molecule has 3 aromatic carbocycles. The van der Waals surface area contributed by atoms with Crippen molar-refractivity contribution in [2.45, 2.75) is 30.0 Å². The number of aliphatic hydroxyl groups excluding tert-OH is 1. The summed E-state index contributed by atoms with van der Waals surface area (Å²) in [5, 5.41) is 23.4. The highest BCUT2D eigenvalue weighted by atomic mass is 35.5. The predicted molar refractivity (Wildman–Crippen MR) is 179 cm³/mol. The van der Waals surface area contributed by atoms with E-state index >= 15 is 0 Å². The number of rotatable bonds is 6. The van der Waals surface area contributed by atoms with E-state index in [9.17, 15) is 14.7 Å². The Balaban J connectivity index is 1.30. The van der Waals surface area contributed by atoms with Gasteiger partial charge in [-0.15, -0.1) is 10.2 Å². The van der Waals surface area contributed by atoms with Gasteiger partial charge in [0.15, 0.2) is 10.1 Å². The molecule has 1 aliphatic heterocycles. The zero-order valence-electron chi connectivity index (χ0n) is 23.9. The number of carbonyl (C=O) groups excluding carboxylic acids is 2. The smallest absolute Gasteiger partial charge is 0.301 e. The van der Waals surface area contributed by atoms with E-state index in [-0.39, 0.29) is 27.2 Å². The minimum Gasteiger partial charge on any atom is -0.505 e. The highest BCUT2D eigenvalue weighted by molar-refractivity contribution is 8.00. The molecule has 0 aliphatic carbocycles. The largest absolute Gasteiger partial charge is 0.505 e. The van der Waals surface area contributed by atoms with Gasteiger partial charge in [-0.2, -0.15) is 0 Å². The molecular formula is C33H23Cl2N5O3S2. The summed E-state index contributed by atoms with van der Waals surface area (Å²) >= 11 is 15.3. The van der Waals surface area contributed by atoms with Crippen LogP contribution in [0.4, 0.5) is 5.13 Å². The van der Waals surface area contributed by atoms with Crippen molar-refractivity contribution in [3.05, 3.63) is 123 Å². The van der Waals surface area contributed by atoms with Crippen molar-refractivity contribution in [2.75, 3.05) is 4.90 Å². The normalized spacial score (nSPS) is 16.4.